The molecular weight excluding hydrogens is 300 g/mol. The molecule has 1 rings (SSSR count). The maximum atomic E-state index is 5.74. The van der Waals surface area contributed by atoms with Crippen LogP contribution in [0.1, 0.15) is 59.8 Å². The summed E-state index contributed by atoms with van der Waals surface area (Å²) in [7, 11) is 0. The second-order valence-corrected chi connectivity index (χ2v) is 6.85. The standard InChI is InChI=1S/C21H30OS/c1-17(2)9-7-10-18(3)11-8-12-19(4)15-16-22-20-13-5-6-14-21(20)23/h5-6,9,11,13,15H,7-8,10,12,14,16H2,1-4H3. The van der Waals surface area contributed by atoms with E-state index in [-0.39, 0.29) is 0 Å². The summed E-state index contributed by atoms with van der Waals surface area (Å²) in [6.07, 6.45) is 18.2. The first-order valence-corrected chi connectivity index (χ1v) is 8.87. The van der Waals surface area contributed by atoms with Crippen molar-refractivity contribution in [3.8, 4) is 0 Å². The second kappa shape index (κ2) is 11.2. The zero-order chi connectivity index (χ0) is 17.1. The van der Waals surface area contributed by atoms with Gasteiger partial charge in [-0.1, -0.05) is 53.2 Å². The van der Waals surface area contributed by atoms with Gasteiger partial charge in [-0.05, 0) is 65.5 Å². The Morgan fingerprint density at radius 1 is 1.04 bits per heavy atom. The minimum atomic E-state index is 0.606. The molecule has 0 atom stereocenters. The van der Waals surface area contributed by atoms with Gasteiger partial charge in [0, 0.05) is 6.42 Å². The number of hydrogen-bond acceptors (Lipinski definition) is 2. The quantitative estimate of drug-likeness (QED) is 0.346. The lowest BCUT2D eigenvalue weighted by Crippen LogP contribution is -2.05. The highest BCUT2D eigenvalue weighted by Crippen LogP contribution is 2.13. The van der Waals surface area contributed by atoms with Crippen LogP contribution < -0.4 is 0 Å². The molecule has 0 N–H and O–H groups in total. The minimum Gasteiger partial charge on any atom is -0.488 e. The largest absolute Gasteiger partial charge is 0.488 e. The molecular formula is C21H30OS. The fourth-order valence-corrected chi connectivity index (χ4v) is 2.49. The van der Waals surface area contributed by atoms with Gasteiger partial charge in [0.15, 0.2) is 0 Å². The van der Waals surface area contributed by atoms with Gasteiger partial charge < -0.3 is 4.74 Å². The van der Waals surface area contributed by atoms with E-state index in [2.05, 4.69) is 52.0 Å². The predicted octanol–water partition coefficient (Wildman–Crippen LogP) is 6.64. The van der Waals surface area contributed by atoms with Crippen LogP contribution in [-0.2, 0) is 4.74 Å². The van der Waals surface area contributed by atoms with Gasteiger partial charge in [-0.15, -0.1) is 0 Å². The van der Waals surface area contributed by atoms with Crippen LogP contribution in [-0.4, -0.2) is 11.5 Å². The van der Waals surface area contributed by atoms with Crippen LogP contribution in [0.4, 0.5) is 0 Å². The zero-order valence-corrected chi connectivity index (χ0v) is 15.8. The van der Waals surface area contributed by atoms with E-state index in [0.717, 1.165) is 42.7 Å². The SMILES string of the molecule is CC(C)=CCCC(C)=CCCC(C)=CCOC1=CC=CCC1=S. The van der Waals surface area contributed by atoms with Crippen LogP contribution in [0.2, 0.25) is 0 Å². The molecule has 0 spiro atoms. The molecule has 0 radical (unpaired) electrons. The van der Waals surface area contributed by atoms with E-state index in [9.17, 15) is 0 Å². The second-order valence-electron chi connectivity index (χ2n) is 6.36. The van der Waals surface area contributed by atoms with E-state index in [4.69, 9.17) is 17.0 Å². The van der Waals surface area contributed by atoms with Gasteiger partial charge in [0.2, 0.25) is 0 Å². The Bertz CT molecular complexity index is 540. The maximum Gasteiger partial charge on any atom is 0.133 e. The molecule has 1 aliphatic carbocycles. The highest BCUT2D eigenvalue weighted by Gasteiger charge is 2.06. The van der Waals surface area contributed by atoms with Gasteiger partial charge in [0.05, 0.1) is 4.86 Å². The van der Waals surface area contributed by atoms with Gasteiger partial charge in [0.25, 0.3) is 0 Å². The Kier molecular flexibility index (Phi) is 9.54. The molecule has 0 aromatic rings. The number of rotatable bonds is 9. The van der Waals surface area contributed by atoms with Crippen LogP contribution in [0.15, 0.2) is 58.9 Å². The summed E-state index contributed by atoms with van der Waals surface area (Å²) in [6.45, 7) is 9.31. The van der Waals surface area contributed by atoms with Crippen LogP contribution in [0.25, 0.3) is 0 Å². The molecule has 0 saturated carbocycles. The van der Waals surface area contributed by atoms with Crippen LogP contribution in [0.5, 0.6) is 0 Å². The van der Waals surface area contributed by atoms with Gasteiger partial charge in [-0.25, -0.2) is 0 Å². The first-order valence-electron chi connectivity index (χ1n) is 8.46. The summed E-state index contributed by atoms with van der Waals surface area (Å²) in [6, 6.07) is 0. The van der Waals surface area contributed by atoms with E-state index in [0.29, 0.717) is 6.61 Å². The molecule has 2 heteroatoms. The molecule has 0 unspecified atom stereocenters. The van der Waals surface area contributed by atoms with Crippen LogP contribution in [0.3, 0.4) is 0 Å². The fraction of sp³-hybridized carbons (Fsp3) is 0.476. The first kappa shape index (κ1) is 19.6. The Hall–Kier alpha value is -1.41. The highest BCUT2D eigenvalue weighted by atomic mass is 32.1. The molecule has 0 fully saturated rings. The Balaban J connectivity index is 2.26. The zero-order valence-electron chi connectivity index (χ0n) is 15.0. The molecule has 0 amide bonds. The first-order chi connectivity index (χ1) is 11.0. The predicted molar refractivity (Wildman–Crippen MR) is 106 cm³/mol. The topological polar surface area (TPSA) is 9.23 Å². The van der Waals surface area contributed by atoms with Crippen LogP contribution in [0, 0.1) is 0 Å². The van der Waals surface area contributed by atoms with Crippen molar-refractivity contribution in [1.82, 2.24) is 0 Å². The molecule has 0 aliphatic heterocycles. The average molecular weight is 331 g/mol. The molecule has 0 bridgehead atoms. The molecule has 0 heterocycles. The molecule has 0 aromatic carbocycles. The van der Waals surface area contributed by atoms with Crippen molar-refractivity contribution >= 4 is 17.1 Å². The molecule has 23 heavy (non-hydrogen) atoms. The third kappa shape index (κ3) is 9.35. The van der Waals surface area contributed by atoms with Gasteiger partial charge in [-0.3, -0.25) is 0 Å². The van der Waals surface area contributed by atoms with Crippen molar-refractivity contribution in [2.75, 3.05) is 6.61 Å². The van der Waals surface area contributed by atoms with Crippen molar-refractivity contribution < 1.29 is 4.74 Å². The number of ether oxygens (including phenoxy) is 1. The van der Waals surface area contributed by atoms with Crippen molar-refractivity contribution in [3.63, 3.8) is 0 Å². The maximum absolute atomic E-state index is 5.74. The van der Waals surface area contributed by atoms with Crippen molar-refractivity contribution in [1.29, 1.82) is 0 Å². The summed E-state index contributed by atoms with van der Waals surface area (Å²) >= 11 is 5.28. The lowest BCUT2D eigenvalue weighted by Gasteiger charge is -2.11. The molecule has 1 aliphatic rings. The van der Waals surface area contributed by atoms with Gasteiger partial charge in [-0.2, -0.15) is 0 Å². The summed E-state index contributed by atoms with van der Waals surface area (Å²) in [4.78, 5) is 0.897. The lowest BCUT2D eigenvalue weighted by molar-refractivity contribution is 0.268. The monoisotopic (exact) mass is 330 g/mol. The molecule has 126 valence electrons. The number of thiocarbonyl (C=S) groups is 1. The van der Waals surface area contributed by atoms with E-state index in [1.54, 1.807) is 0 Å². The Labute approximate surface area is 147 Å². The third-order valence-corrected chi connectivity index (χ3v) is 4.12. The van der Waals surface area contributed by atoms with Crippen molar-refractivity contribution in [3.05, 3.63) is 58.9 Å². The van der Waals surface area contributed by atoms with Gasteiger partial charge in [0.1, 0.15) is 12.4 Å². The smallest absolute Gasteiger partial charge is 0.133 e. The summed E-state index contributed by atoms with van der Waals surface area (Å²) < 4.78 is 5.74. The lowest BCUT2D eigenvalue weighted by atomic mass is 10.1. The highest BCUT2D eigenvalue weighted by molar-refractivity contribution is 7.80. The Morgan fingerprint density at radius 3 is 2.35 bits per heavy atom. The van der Waals surface area contributed by atoms with E-state index < -0.39 is 0 Å². The van der Waals surface area contributed by atoms with Crippen molar-refractivity contribution in [2.24, 2.45) is 0 Å². The van der Waals surface area contributed by atoms with Gasteiger partial charge >= 0.3 is 0 Å². The third-order valence-electron chi connectivity index (χ3n) is 3.76. The number of allylic oxidation sites excluding steroid dienone is 9. The van der Waals surface area contributed by atoms with E-state index in [1.807, 2.05) is 12.2 Å². The summed E-state index contributed by atoms with van der Waals surface area (Å²) in [5.41, 5.74) is 4.26. The number of hydrogen-bond donors (Lipinski definition) is 0. The summed E-state index contributed by atoms with van der Waals surface area (Å²) in [5.74, 6) is 0.849. The fourth-order valence-electron chi connectivity index (χ4n) is 2.27. The van der Waals surface area contributed by atoms with Crippen molar-refractivity contribution in [2.45, 2.75) is 59.8 Å². The minimum absolute atomic E-state index is 0.606. The molecule has 1 nitrogen and oxygen atoms in total. The normalized spacial score (nSPS) is 15.5. The Morgan fingerprint density at radius 2 is 1.70 bits per heavy atom. The van der Waals surface area contributed by atoms with Crippen LogP contribution >= 0.6 is 12.2 Å². The van der Waals surface area contributed by atoms with E-state index in [1.165, 1.54) is 16.7 Å². The summed E-state index contributed by atoms with van der Waals surface area (Å²) in [5, 5.41) is 0. The van der Waals surface area contributed by atoms with E-state index >= 15 is 0 Å². The molecule has 0 aromatic heterocycles. The molecule has 0 saturated heterocycles. The average Bonchev–Trinajstić information content (AvgIpc) is 2.49.